The Labute approximate surface area is 194 Å². The topological polar surface area (TPSA) is 130 Å². The average molecular weight is 494 g/mol. The fourth-order valence-electron chi connectivity index (χ4n) is 2.70. The molecule has 0 aliphatic rings. The lowest BCUT2D eigenvalue weighted by Gasteiger charge is -2.11. The van der Waals surface area contributed by atoms with Crippen molar-refractivity contribution in [1.29, 1.82) is 0 Å². The van der Waals surface area contributed by atoms with Gasteiger partial charge in [0.2, 0.25) is 5.95 Å². The number of aryl methyl sites for hydroxylation is 2. The van der Waals surface area contributed by atoms with Gasteiger partial charge in [-0.25, -0.2) is 27.9 Å². The SMILES string of the molecule is Cc1cc(C)nc(NS(=O)(=O)c2cccc(NC(=O)NC(=O)c3ccc(Cl)cc3Cl)c2)n1. The molecule has 0 radical (unpaired) electrons. The van der Waals surface area contributed by atoms with Crippen molar-refractivity contribution in [3.05, 3.63) is 75.5 Å². The van der Waals surface area contributed by atoms with Gasteiger partial charge in [0.25, 0.3) is 15.9 Å². The number of nitrogens with zero attached hydrogens (tertiary/aromatic N) is 2. The highest BCUT2D eigenvalue weighted by Crippen LogP contribution is 2.21. The number of rotatable bonds is 5. The van der Waals surface area contributed by atoms with Crippen molar-refractivity contribution < 1.29 is 18.0 Å². The van der Waals surface area contributed by atoms with Gasteiger partial charge >= 0.3 is 6.03 Å². The Morgan fingerprint density at radius 3 is 2.28 bits per heavy atom. The van der Waals surface area contributed by atoms with Crippen LogP contribution >= 0.6 is 23.2 Å². The number of sulfonamides is 1. The second-order valence-electron chi connectivity index (χ2n) is 6.64. The van der Waals surface area contributed by atoms with Crippen LogP contribution in [0, 0.1) is 13.8 Å². The minimum absolute atomic E-state index is 0.0557. The molecule has 0 saturated heterocycles. The maximum absolute atomic E-state index is 12.7. The lowest BCUT2D eigenvalue weighted by atomic mass is 10.2. The van der Waals surface area contributed by atoms with Gasteiger partial charge in [-0.15, -0.1) is 0 Å². The van der Waals surface area contributed by atoms with Crippen molar-refractivity contribution >= 4 is 56.8 Å². The predicted octanol–water partition coefficient (Wildman–Crippen LogP) is 4.16. The van der Waals surface area contributed by atoms with E-state index in [1.807, 2.05) is 0 Å². The van der Waals surface area contributed by atoms with E-state index in [2.05, 4.69) is 25.3 Å². The number of imide groups is 1. The summed E-state index contributed by atoms with van der Waals surface area (Å²) in [5.74, 6) is -0.814. The van der Waals surface area contributed by atoms with Crippen molar-refractivity contribution in [3.8, 4) is 0 Å². The number of hydrogen-bond acceptors (Lipinski definition) is 6. The van der Waals surface area contributed by atoms with Crippen LogP contribution < -0.4 is 15.4 Å². The minimum Gasteiger partial charge on any atom is -0.308 e. The molecule has 3 rings (SSSR count). The summed E-state index contributed by atoms with van der Waals surface area (Å²) in [5, 5.41) is 4.94. The van der Waals surface area contributed by atoms with Gasteiger partial charge in [0.15, 0.2) is 0 Å². The predicted molar refractivity (Wildman–Crippen MR) is 122 cm³/mol. The van der Waals surface area contributed by atoms with E-state index in [-0.39, 0.29) is 27.1 Å². The number of carbonyl (C=O) groups excluding carboxylic acids is 2. The molecule has 1 heterocycles. The van der Waals surface area contributed by atoms with E-state index in [4.69, 9.17) is 23.2 Å². The zero-order chi connectivity index (χ0) is 23.5. The van der Waals surface area contributed by atoms with Crippen molar-refractivity contribution in [2.75, 3.05) is 10.0 Å². The molecule has 12 heteroatoms. The fraction of sp³-hybridized carbons (Fsp3) is 0.100. The van der Waals surface area contributed by atoms with E-state index < -0.39 is 22.0 Å². The van der Waals surface area contributed by atoms with Crippen LogP contribution in [-0.4, -0.2) is 30.3 Å². The van der Waals surface area contributed by atoms with Gasteiger partial charge in [0.1, 0.15) is 0 Å². The zero-order valence-corrected chi connectivity index (χ0v) is 19.1. The number of hydrogen-bond donors (Lipinski definition) is 3. The van der Waals surface area contributed by atoms with Gasteiger partial charge in [0, 0.05) is 22.1 Å². The normalized spacial score (nSPS) is 11.0. The second kappa shape index (κ2) is 9.51. The van der Waals surface area contributed by atoms with Gasteiger partial charge in [-0.2, -0.15) is 0 Å². The highest BCUT2D eigenvalue weighted by Gasteiger charge is 2.18. The molecule has 3 N–H and O–H groups in total. The Hall–Kier alpha value is -3.21. The Morgan fingerprint density at radius 1 is 0.938 bits per heavy atom. The van der Waals surface area contributed by atoms with Gasteiger partial charge in [0.05, 0.1) is 15.5 Å². The first-order valence-electron chi connectivity index (χ1n) is 9.06. The van der Waals surface area contributed by atoms with Crippen LogP contribution in [0.3, 0.4) is 0 Å². The van der Waals surface area contributed by atoms with Crippen LogP contribution in [0.15, 0.2) is 53.4 Å². The van der Waals surface area contributed by atoms with Crippen LogP contribution in [0.1, 0.15) is 21.7 Å². The molecular formula is C20H17Cl2N5O4S. The van der Waals surface area contributed by atoms with Crippen LogP contribution in [0.4, 0.5) is 16.4 Å². The summed E-state index contributed by atoms with van der Waals surface area (Å²) in [6.07, 6.45) is 0. The standard InChI is InChI=1S/C20H17Cl2N5O4S/c1-11-8-12(2)24-19(23-11)27-32(30,31)15-5-3-4-14(10-15)25-20(29)26-18(28)16-7-6-13(21)9-17(16)22/h3-10H,1-2H3,(H,23,24,27)(H2,25,26,28,29). The van der Waals surface area contributed by atoms with Crippen molar-refractivity contribution in [3.63, 3.8) is 0 Å². The molecule has 0 fully saturated rings. The first kappa shape index (κ1) is 23.5. The molecule has 0 atom stereocenters. The van der Waals surface area contributed by atoms with Gasteiger partial charge in [-0.05, 0) is 56.3 Å². The van der Waals surface area contributed by atoms with Crippen LogP contribution in [0.5, 0.6) is 0 Å². The molecule has 1 aromatic heterocycles. The lowest BCUT2D eigenvalue weighted by molar-refractivity contribution is 0.0967. The largest absolute Gasteiger partial charge is 0.326 e. The summed E-state index contributed by atoms with van der Waals surface area (Å²) in [6.45, 7) is 3.43. The summed E-state index contributed by atoms with van der Waals surface area (Å²) in [7, 11) is -4.02. The average Bonchev–Trinajstić information content (AvgIpc) is 2.66. The van der Waals surface area contributed by atoms with E-state index in [0.29, 0.717) is 16.4 Å². The molecule has 0 spiro atoms. The Morgan fingerprint density at radius 2 is 1.62 bits per heavy atom. The quantitative estimate of drug-likeness (QED) is 0.488. The molecule has 2 aromatic carbocycles. The number of urea groups is 1. The number of anilines is 2. The third-order valence-corrected chi connectivity index (χ3v) is 5.89. The van der Waals surface area contributed by atoms with E-state index in [9.17, 15) is 18.0 Å². The molecule has 0 aliphatic heterocycles. The van der Waals surface area contributed by atoms with E-state index in [1.54, 1.807) is 19.9 Å². The van der Waals surface area contributed by atoms with Crippen LogP contribution in [0.25, 0.3) is 0 Å². The molecule has 3 aromatic rings. The Kier molecular flexibility index (Phi) is 6.97. The second-order valence-corrected chi connectivity index (χ2v) is 9.17. The number of benzene rings is 2. The summed E-state index contributed by atoms with van der Waals surface area (Å²) in [5.41, 5.74) is 1.41. The molecule has 166 valence electrons. The molecule has 0 bridgehead atoms. The summed E-state index contributed by atoms with van der Waals surface area (Å²) < 4.78 is 27.7. The fourth-order valence-corrected chi connectivity index (χ4v) is 4.18. The Balaban J connectivity index is 1.72. The van der Waals surface area contributed by atoms with E-state index in [0.717, 1.165) is 0 Å². The third-order valence-electron chi connectivity index (χ3n) is 4.01. The number of aromatic nitrogens is 2. The first-order chi connectivity index (χ1) is 15.0. The molecule has 3 amide bonds. The van der Waals surface area contributed by atoms with Crippen LogP contribution in [-0.2, 0) is 10.0 Å². The molecule has 32 heavy (non-hydrogen) atoms. The van der Waals surface area contributed by atoms with Crippen molar-refractivity contribution in [1.82, 2.24) is 15.3 Å². The maximum Gasteiger partial charge on any atom is 0.326 e. The summed E-state index contributed by atoms with van der Waals surface area (Å²) in [4.78, 5) is 32.4. The van der Waals surface area contributed by atoms with Gasteiger partial charge in [-0.1, -0.05) is 29.3 Å². The molecular weight excluding hydrogens is 477 g/mol. The number of halogens is 2. The lowest BCUT2D eigenvalue weighted by Crippen LogP contribution is -2.34. The van der Waals surface area contributed by atoms with E-state index >= 15 is 0 Å². The summed E-state index contributed by atoms with van der Waals surface area (Å²) in [6, 6.07) is 10.5. The molecule has 0 saturated carbocycles. The van der Waals surface area contributed by atoms with Crippen molar-refractivity contribution in [2.45, 2.75) is 18.7 Å². The summed E-state index contributed by atoms with van der Waals surface area (Å²) >= 11 is 11.8. The number of nitrogens with one attached hydrogen (secondary N) is 3. The Bertz CT molecular complexity index is 1290. The number of amides is 3. The zero-order valence-electron chi connectivity index (χ0n) is 16.8. The number of carbonyl (C=O) groups is 2. The monoisotopic (exact) mass is 493 g/mol. The van der Waals surface area contributed by atoms with Gasteiger partial charge < -0.3 is 5.32 Å². The first-order valence-corrected chi connectivity index (χ1v) is 11.3. The smallest absolute Gasteiger partial charge is 0.308 e. The van der Waals surface area contributed by atoms with Gasteiger partial charge in [-0.3, -0.25) is 10.1 Å². The van der Waals surface area contributed by atoms with Crippen molar-refractivity contribution in [2.24, 2.45) is 0 Å². The molecule has 0 aliphatic carbocycles. The maximum atomic E-state index is 12.7. The van der Waals surface area contributed by atoms with E-state index in [1.165, 1.54) is 42.5 Å². The highest BCUT2D eigenvalue weighted by molar-refractivity contribution is 7.92. The third kappa shape index (κ3) is 5.94. The molecule has 9 nitrogen and oxygen atoms in total. The highest BCUT2D eigenvalue weighted by atomic mass is 35.5. The van der Waals surface area contributed by atoms with Crippen LogP contribution in [0.2, 0.25) is 10.0 Å². The minimum atomic E-state index is -4.02. The molecule has 0 unspecified atom stereocenters.